The third-order valence-electron chi connectivity index (χ3n) is 2.04. The molecule has 7 nitrogen and oxygen atoms in total. The molecule has 0 aliphatic carbocycles. The van der Waals surface area contributed by atoms with Crippen LogP contribution in [0.3, 0.4) is 0 Å². The molecule has 14 heavy (non-hydrogen) atoms. The summed E-state index contributed by atoms with van der Waals surface area (Å²) in [5, 5.41) is 20.6. The zero-order chi connectivity index (χ0) is 10.5. The van der Waals surface area contributed by atoms with Crippen LogP contribution in [-0.2, 0) is 0 Å². The summed E-state index contributed by atoms with van der Waals surface area (Å²) in [7, 11) is 0. The Balaban J connectivity index is 3.05. The van der Waals surface area contributed by atoms with E-state index in [4.69, 9.17) is 17.2 Å². The molecule has 0 unspecified atom stereocenters. The van der Waals surface area contributed by atoms with Crippen LogP contribution in [0, 0.1) is 5.21 Å². The number of hydrogen-bond donors (Lipinski definition) is 4. The van der Waals surface area contributed by atoms with Crippen molar-refractivity contribution in [3.8, 4) is 0 Å². The first kappa shape index (κ1) is 8.30. The number of aromatic nitrogens is 2. The highest BCUT2D eigenvalue weighted by atomic mass is 16.5. The number of anilines is 3. The summed E-state index contributed by atoms with van der Waals surface area (Å²) < 4.78 is 1.03. The average Bonchev–Trinajstić information content (AvgIpc) is 2.38. The molecule has 74 valence electrons. The van der Waals surface area contributed by atoms with E-state index in [9.17, 15) is 10.4 Å². The van der Waals surface area contributed by atoms with E-state index in [1.54, 1.807) is 0 Å². The van der Waals surface area contributed by atoms with E-state index in [-0.39, 0.29) is 28.1 Å². The molecule has 0 bridgehead atoms. The molecule has 2 rings (SSSR count). The van der Waals surface area contributed by atoms with Crippen LogP contribution in [-0.4, -0.2) is 9.94 Å². The van der Waals surface area contributed by atoms with Crippen molar-refractivity contribution in [3.05, 3.63) is 17.6 Å². The van der Waals surface area contributed by atoms with Crippen LogP contribution < -0.4 is 21.9 Å². The zero-order valence-electron chi connectivity index (χ0n) is 7.14. The number of imidazole rings is 1. The lowest BCUT2D eigenvalue weighted by Crippen LogP contribution is -2.24. The number of hydrogen-bond acceptors (Lipinski definition) is 5. The van der Waals surface area contributed by atoms with Gasteiger partial charge in [-0.1, -0.05) is 0 Å². The molecular weight excluding hydrogens is 186 g/mol. The highest BCUT2D eigenvalue weighted by molar-refractivity contribution is 5.99. The molecule has 0 spiro atoms. The maximum Gasteiger partial charge on any atom is 0.288 e. The first-order valence-electron chi connectivity index (χ1n) is 3.79. The second kappa shape index (κ2) is 2.34. The summed E-state index contributed by atoms with van der Waals surface area (Å²) in [5.41, 5.74) is 17.4. The maximum absolute atomic E-state index is 11.2. The number of nitrogens with zero attached hydrogens (tertiary/aromatic N) is 2. The molecule has 0 aliphatic rings. The van der Waals surface area contributed by atoms with Gasteiger partial charge in [0.2, 0.25) is 11.0 Å². The third-order valence-corrected chi connectivity index (χ3v) is 2.04. The lowest BCUT2D eigenvalue weighted by atomic mass is 10.2. The van der Waals surface area contributed by atoms with Gasteiger partial charge >= 0.3 is 0 Å². The van der Waals surface area contributed by atoms with Gasteiger partial charge in [0.1, 0.15) is 5.69 Å². The number of nitrogen functional groups attached to an aromatic ring is 3. The Labute approximate surface area is 78.5 Å². The fourth-order valence-corrected chi connectivity index (χ4v) is 1.39. The predicted molar refractivity (Wildman–Crippen MR) is 51.3 cm³/mol. The predicted octanol–water partition coefficient (Wildman–Crippen LogP) is -0.741. The van der Waals surface area contributed by atoms with E-state index in [1.807, 2.05) is 0 Å². The van der Waals surface area contributed by atoms with Crippen LogP contribution >= 0.6 is 0 Å². The summed E-state index contributed by atoms with van der Waals surface area (Å²) in [4.78, 5) is 0. The van der Waals surface area contributed by atoms with Crippen LogP contribution in [0.4, 0.5) is 17.1 Å². The first-order chi connectivity index (χ1) is 6.52. The van der Waals surface area contributed by atoms with Gasteiger partial charge in [-0.25, -0.2) is 4.73 Å². The van der Waals surface area contributed by atoms with Crippen molar-refractivity contribution < 1.29 is 9.94 Å². The van der Waals surface area contributed by atoms with E-state index >= 15 is 0 Å². The largest absolute Gasteiger partial charge is 0.710 e. The molecule has 1 aromatic heterocycles. The van der Waals surface area contributed by atoms with E-state index in [0.29, 0.717) is 9.46 Å². The zero-order valence-corrected chi connectivity index (χ0v) is 7.14. The maximum atomic E-state index is 11.2. The molecule has 0 amide bonds. The topological polar surface area (TPSA) is 130 Å². The fourth-order valence-electron chi connectivity index (χ4n) is 1.39. The van der Waals surface area contributed by atoms with Gasteiger partial charge in [0.05, 0.1) is 11.4 Å². The minimum absolute atomic E-state index is 0.110. The molecule has 2 aromatic rings. The van der Waals surface area contributed by atoms with Gasteiger partial charge in [0.15, 0.2) is 0 Å². The van der Waals surface area contributed by atoms with Gasteiger partial charge in [-0.05, 0) is 10.8 Å². The monoisotopic (exact) mass is 195 g/mol. The highest BCUT2D eigenvalue weighted by Crippen LogP contribution is 2.29. The molecule has 0 aliphatic heterocycles. The van der Waals surface area contributed by atoms with Gasteiger partial charge in [0.25, 0.3) is 6.33 Å². The molecular formula is C7H9N5O2. The smallest absolute Gasteiger partial charge is 0.288 e. The van der Waals surface area contributed by atoms with E-state index in [1.165, 1.54) is 6.07 Å². The van der Waals surface area contributed by atoms with Gasteiger partial charge in [-0.3, -0.25) is 0 Å². The molecule has 1 aromatic carbocycles. The molecule has 7 N–H and O–H groups in total. The van der Waals surface area contributed by atoms with Crippen LogP contribution in [0.2, 0.25) is 0 Å². The Morgan fingerprint density at radius 1 is 1.29 bits per heavy atom. The summed E-state index contributed by atoms with van der Waals surface area (Å²) in [5.74, 6) is 0. The van der Waals surface area contributed by atoms with Crippen LogP contribution in [0.5, 0.6) is 0 Å². The molecule has 0 saturated heterocycles. The molecule has 0 atom stereocenters. The van der Waals surface area contributed by atoms with Gasteiger partial charge in [-0.15, -0.1) is 0 Å². The van der Waals surface area contributed by atoms with Crippen molar-refractivity contribution in [1.29, 1.82) is 0 Å². The third kappa shape index (κ3) is 0.830. The molecule has 1 heterocycles. The van der Waals surface area contributed by atoms with Crippen LogP contribution in [0.25, 0.3) is 11.0 Å². The average molecular weight is 195 g/mol. The van der Waals surface area contributed by atoms with Crippen molar-refractivity contribution in [1.82, 2.24) is 4.73 Å². The number of fused-ring (bicyclic) bond motifs is 1. The number of nitrogens with two attached hydrogens (primary N) is 3. The minimum atomic E-state index is 0.110. The summed E-state index contributed by atoms with van der Waals surface area (Å²) in [6, 6.07) is 1.38. The lowest BCUT2D eigenvalue weighted by Gasteiger charge is -2.03. The minimum Gasteiger partial charge on any atom is -0.710 e. The van der Waals surface area contributed by atoms with E-state index < -0.39 is 0 Å². The van der Waals surface area contributed by atoms with Gasteiger partial charge in [0, 0.05) is 0 Å². The van der Waals surface area contributed by atoms with Crippen molar-refractivity contribution in [2.24, 2.45) is 0 Å². The van der Waals surface area contributed by atoms with E-state index in [2.05, 4.69) is 0 Å². The van der Waals surface area contributed by atoms with E-state index in [0.717, 1.165) is 6.33 Å². The molecule has 0 radical (unpaired) electrons. The standard InChI is InChI=1S/C7H9N5O2/c8-3-1-4(9)6-7(5(3)10)12(14)2-11(6)13/h1-2,14H,8-10H2. The van der Waals surface area contributed by atoms with Crippen molar-refractivity contribution in [2.75, 3.05) is 17.2 Å². The Morgan fingerprint density at radius 3 is 2.57 bits per heavy atom. The first-order valence-corrected chi connectivity index (χ1v) is 3.79. The summed E-state index contributed by atoms with van der Waals surface area (Å²) in [6.45, 7) is 0. The van der Waals surface area contributed by atoms with Crippen molar-refractivity contribution in [2.45, 2.75) is 0 Å². The molecule has 0 fully saturated rings. The quantitative estimate of drug-likeness (QED) is 0.190. The Hall–Kier alpha value is -2.31. The van der Waals surface area contributed by atoms with Crippen molar-refractivity contribution in [3.63, 3.8) is 0 Å². The van der Waals surface area contributed by atoms with Gasteiger partial charge < -0.3 is 27.6 Å². The van der Waals surface area contributed by atoms with Crippen molar-refractivity contribution >= 4 is 28.1 Å². The summed E-state index contributed by atoms with van der Waals surface area (Å²) in [6.07, 6.45) is 0.914. The second-order valence-electron chi connectivity index (χ2n) is 2.95. The molecule has 7 heteroatoms. The normalized spacial score (nSPS) is 10.9. The second-order valence-corrected chi connectivity index (χ2v) is 2.95. The lowest BCUT2D eigenvalue weighted by molar-refractivity contribution is -0.579. The SMILES string of the molecule is Nc1cc(N)c2c(c1N)n(O)c[n+]2[O-]. The Morgan fingerprint density at radius 2 is 1.93 bits per heavy atom. The van der Waals surface area contributed by atoms with Crippen LogP contribution in [0.1, 0.15) is 0 Å². The number of rotatable bonds is 0. The summed E-state index contributed by atoms with van der Waals surface area (Å²) >= 11 is 0. The highest BCUT2D eigenvalue weighted by Gasteiger charge is 2.19. The Bertz CT molecular complexity index is 519. The Kier molecular flexibility index (Phi) is 1.39. The van der Waals surface area contributed by atoms with Crippen LogP contribution in [0.15, 0.2) is 12.4 Å². The molecule has 0 saturated carbocycles. The fraction of sp³-hybridized carbons (Fsp3) is 0. The van der Waals surface area contributed by atoms with Gasteiger partial charge in [-0.2, -0.15) is 0 Å². The number of benzene rings is 1.